The maximum absolute atomic E-state index is 13.8. The molecule has 0 aliphatic heterocycles. The van der Waals surface area contributed by atoms with Crippen LogP contribution < -0.4 is 5.32 Å². The fourth-order valence-corrected chi connectivity index (χ4v) is 2.77. The molecule has 0 radical (unpaired) electrons. The highest BCUT2D eigenvalue weighted by Gasteiger charge is 2.22. The fourth-order valence-electron chi connectivity index (χ4n) is 2.77. The van der Waals surface area contributed by atoms with Gasteiger partial charge in [0.15, 0.2) is 5.69 Å². The number of nitrogens with zero attached hydrogens (tertiary/aromatic N) is 2. The minimum Gasteiger partial charge on any atom is -0.461 e. The number of rotatable bonds is 5. The number of hydrogen-bond donors (Lipinski definition) is 1. The number of ether oxygens (including phenoxy) is 1. The topological polar surface area (TPSA) is 73.2 Å². The van der Waals surface area contributed by atoms with E-state index in [1.165, 1.54) is 16.8 Å². The van der Waals surface area contributed by atoms with Crippen LogP contribution in [0.5, 0.6) is 0 Å². The maximum Gasteiger partial charge on any atom is 0.358 e. The molecule has 3 aromatic rings. The van der Waals surface area contributed by atoms with Crippen LogP contribution in [0.15, 0.2) is 54.6 Å². The molecule has 0 aliphatic rings. The molecule has 0 fully saturated rings. The highest BCUT2D eigenvalue weighted by Crippen LogP contribution is 2.28. The number of halogens is 1. The molecule has 0 saturated heterocycles. The zero-order valence-corrected chi connectivity index (χ0v) is 17.4. The van der Waals surface area contributed by atoms with Gasteiger partial charge in [-0.1, -0.05) is 39.0 Å². The first kappa shape index (κ1) is 21.2. The smallest absolute Gasteiger partial charge is 0.358 e. The van der Waals surface area contributed by atoms with Gasteiger partial charge in [0, 0.05) is 16.7 Å². The van der Waals surface area contributed by atoms with Crippen molar-refractivity contribution >= 4 is 17.6 Å². The predicted molar refractivity (Wildman–Crippen MR) is 113 cm³/mol. The first-order valence-electron chi connectivity index (χ1n) is 9.64. The Labute approximate surface area is 174 Å². The maximum atomic E-state index is 13.8. The van der Waals surface area contributed by atoms with Gasteiger partial charge in [0.1, 0.15) is 5.82 Å². The molecule has 1 amide bonds. The number of hydrogen-bond acceptors (Lipinski definition) is 4. The highest BCUT2D eigenvalue weighted by atomic mass is 19.1. The Bertz CT molecular complexity index is 1080. The summed E-state index contributed by atoms with van der Waals surface area (Å²) in [7, 11) is 0. The normalized spacial score (nSPS) is 11.2. The van der Waals surface area contributed by atoms with Gasteiger partial charge in [0.05, 0.1) is 18.0 Å². The molecule has 0 bridgehead atoms. The first-order valence-corrected chi connectivity index (χ1v) is 9.64. The summed E-state index contributed by atoms with van der Waals surface area (Å²) in [4.78, 5) is 24.6. The Morgan fingerprint density at radius 3 is 2.50 bits per heavy atom. The third-order valence-electron chi connectivity index (χ3n) is 4.34. The molecule has 0 aliphatic carbocycles. The molecule has 1 heterocycles. The second kappa shape index (κ2) is 8.49. The fraction of sp³-hybridized carbons (Fsp3) is 0.261. The van der Waals surface area contributed by atoms with Gasteiger partial charge < -0.3 is 10.1 Å². The molecule has 1 aromatic heterocycles. The van der Waals surface area contributed by atoms with Crippen LogP contribution in [0.1, 0.15) is 38.2 Å². The van der Waals surface area contributed by atoms with Crippen LogP contribution in [0.2, 0.25) is 0 Å². The van der Waals surface area contributed by atoms with Crippen molar-refractivity contribution < 1.29 is 18.7 Å². The second-order valence-electron chi connectivity index (χ2n) is 7.81. The lowest BCUT2D eigenvalue weighted by Gasteiger charge is -2.18. The van der Waals surface area contributed by atoms with Gasteiger partial charge in [0.25, 0.3) is 0 Å². The van der Waals surface area contributed by atoms with Crippen molar-refractivity contribution in [3.63, 3.8) is 0 Å². The Kier molecular flexibility index (Phi) is 6.01. The van der Waals surface area contributed by atoms with E-state index in [4.69, 9.17) is 4.74 Å². The number of carbonyl (C=O) groups excluding carboxylic acids is 2. The first-order chi connectivity index (χ1) is 14.2. The molecule has 7 heteroatoms. The van der Waals surface area contributed by atoms with E-state index in [-0.39, 0.29) is 18.2 Å². The molecule has 6 nitrogen and oxygen atoms in total. The predicted octanol–water partition coefficient (Wildman–Crippen LogP) is 4.84. The Hall–Kier alpha value is -3.48. The van der Waals surface area contributed by atoms with Crippen LogP contribution in [0.25, 0.3) is 16.9 Å². The summed E-state index contributed by atoms with van der Waals surface area (Å²) < 4.78 is 20.4. The molecular weight excluding hydrogens is 385 g/mol. The van der Waals surface area contributed by atoms with Crippen molar-refractivity contribution in [1.29, 1.82) is 0 Å². The van der Waals surface area contributed by atoms with E-state index in [0.29, 0.717) is 22.6 Å². The summed E-state index contributed by atoms with van der Waals surface area (Å²) in [6.45, 7) is 7.42. The molecule has 0 unspecified atom stereocenters. The van der Waals surface area contributed by atoms with Crippen molar-refractivity contribution in [1.82, 2.24) is 9.78 Å². The second-order valence-corrected chi connectivity index (χ2v) is 7.81. The minimum absolute atomic E-state index is 0.111. The van der Waals surface area contributed by atoms with Crippen LogP contribution in [-0.4, -0.2) is 28.3 Å². The summed E-state index contributed by atoms with van der Waals surface area (Å²) in [5.74, 6) is -1.10. The quantitative estimate of drug-likeness (QED) is 0.612. The van der Waals surface area contributed by atoms with Gasteiger partial charge in [-0.25, -0.2) is 13.9 Å². The highest BCUT2D eigenvalue weighted by molar-refractivity contribution is 5.95. The Morgan fingerprint density at radius 2 is 1.83 bits per heavy atom. The van der Waals surface area contributed by atoms with E-state index in [1.54, 1.807) is 43.3 Å². The monoisotopic (exact) mass is 409 g/mol. The third kappa shape index (κ3) is 4.74. The van der Waals surface area contributed by atoms with Crippen molar-refractivity contribution in [2.45, 2.75) is 27.7 Å². The van der Waals surface area contributed by atoms with E-state index in [0.717, 1.165) is 0 Å². The third-order valence-corrected chi connectivity index (χ3v) is 4.34. The van der Waals surface area contributed by atoms with E-state index in [2.05, 4.69) is 10.4 Å². The number of esters is 1. The summed E-state index contributed by atoms with van der Waals surface area (Å²) in [6, 6.07) is 14.7. The minimum atomic E-state index is -0.564. The van der Waals surface area contributed by atoms with E-state index >= 15 is 0 Å². The van der Waals surface area contributed by atoms with Gasteiger partial charge >= 0.3 is 5.97 Å². The summed E-state index contributed by atoms with van der Waals surface area (Å²) >= 11 is 0. The average molecular weight is 409 g/mol. The van der Waals surface area contributed by atoms with Crippen LogP contribution in [0, 0.1) is 11.2 Å². The molecule has 1 N–H and O–H groups in total. The Morgan fingerprint density at radius 1 is 1.10 bits per heavy atom. The zero-order valence-electron chi connectivity index (χ0n) is 17.4. The van der Waals surface area contributed by atoms with Crippen LogP contribution in [0.4, 0.5) is 10.1 Å². The molecule has 2 aromatic carbocycles. The Balaban J connectivity index is 2.07. The van der Waals surface area contributed by atoms with Gasteiger partial charge in [-0.15, -0.1) is 0 Å². The number of benzene rings is 2. The summed E-state index contributed by atoms with van der Waals surface area (Å²) in [5.41, 5.74) is 1.91. The lowest BCUT2D eigenvalue weighted by molar-refractivity contribution is -0.123. The van der Waals surface area contributed by atoms with Crippen LogP contribution >= 0.6 is 0 Å². The average Bonchev–Trinajstić information content (AvgIpc) is 3.13. The number of aromatic nitrogens is 2. The van der Waals surface area contributed by atoms with Crippen LogP contribution in [0.3, 0.4) is 0 Å². The van der Waals surface area contributed by atoms with E-state index in [9.17, 15) is 14.0 Å². The van der Waals surface area contributed by atoms with Gasteiger partial charge in [-0.2, -0.15) is 5.10 Å². The number of carbonyl (C=O) groups is 2. The van der Waals surface area contributed by atoms with Gasteiger partial charge in [0.2, 0.25) is 5.91 Å². The lowest BCUT2D eigenvalue weighted by Crippen LogP contribution is -2.27. The largest absolute Gasteiger partial charge is 0.461 e. The lowest BCUT2D eigenvalue weighted by atomic mass is 9.95. The summed E-state index contributed by atoms with van der Waals surface area (Å²) in [5, 5.41) is 7.22. The number of nitrogens with one attached hydrogen (secondary N) is 1. The van der Waals surface area contributed by atoms with Crippen molar-refractivity contribution in [2.75, 3.05) is 11.9 Å². The zero-order chi connectivity index (χ0) is 21.9. The van der Waals surface area contributed by atoms with Crippen molar-refractivity contribution in [3.8, 4) is 16.9 Å². The molecule has 0 saturated carbocycles. The molecule has 3 rings (SSSR count). The summed E-state index contributed by atoms with van der Waals surface area (Å²) in [6.07, 6.45) is 0. The van der Waals surface area contributed by atoms with Crippen LogP contribution in [-0.2, 0) is 9.53 Å². The van der Waals surface area contributed by atoms with Gasteiger partial charge in [-0.3, -0.25) is 4.79 Å². The molecular formula is C23H24FN3O3. The molecule has 0 atom stereocenters. The molecule has 30 heavy (non-hydrogen) atoms. The van der Waals surface area contributed by atoms with E-state index < -0.39 is 17.2 Å². The number of amides is 1. The molecule has 0 spiro atoms. The van der Waals surface area contributed by atoms with Crippen molar-refractivity contribution in [2.24, 2.45) is 5.41 Å². The van der Waals surface area contributed by atoms with E-state index in [1.807, 2.05) is 26.8 Å². The van der Waals surface area contributed by atoms with Gasteiger partial charge in [-0.05, 0) is 43.3 Å². The van der Waals surface area contributed by atoms with Crippen molar-refractivity contribution in [3.05, 3.63) is 66.1 Å². The standard InChI is InChI=1S/C23H24FN3O3/c1-5-30-21(28)19-14-20(27(26-19)18-11-7-9-16(24)13-18)15-8-6-10-17(12-15)25-22(29)23(2,3)4/h6-14H,5H2,1-4H3,(H,25,29). The SMILES string of the molecule is CCOC(=O)c1cc(-c2cccc(NC(=O)C(C)(C)C)c2)n(-c2cccc(F)c2)n1. The number of anilines is 1. The molecule has 156 valence electrons.